The number of hydrogen-bond acceptors (Lipinski definition) is 3. The van der Waals surface area contributed by atoms with E-state index in [2.05, 4.69) is 10.2 Å². The molecule has 0 bridgehead atoms. The van der Waals surface area contributed by atoms with Crippen molar-refractivity contribution in [2.45, 2.75) is 31.5 Å². The summed E-state index contributed by atoms with van der Waals surface area (Å²) in [4.78, 5) is 14.5. The van der Waals surface area contributed by atoms with Crippen LogP contribution in [0.2, 0.25) is 0 Å². The minimum Gasteiger partial charge on any atom is -0.379 e. The second-order valence-electron chi connectivity index (χ2n) is 7.43. The Kier molecular flexibility index (Phi) is 7.87. The Balaban J connectivity index is 1.58. The Bertz CT molecular complexity index is 788. The molecule has 2 aromatic carbocycles. The zero-order valence-corrected chi connectivity index (χ0v) is 16.8. The molecule has 2 aromatic rings. The lowest BCUT2D eigenvalue weighted by atomic mass is 10.0. The summed E-state index contributed by atoms with van der Waals surface area (Å²) in [6.07, 6.45) is -2.36. The fourth-order valence-corrected chi connectivity index (χ4v) is 3.64. The van der Waals surface area contributed by atoms with E-state index >= 15 is 0 Å². The van der Waals surface area contributed by atoms with E-state index in [-0.39, 0.29) is 11.9 Å². The molecule has 1 saturated heterocycles. The molecular formula is C23H27F3N2O2. The molecule has 1 N–H and O–H groups in total. The lowest BCUT2D eigenvalue weighted by Gasteiger charge is -2.35. The molecular weight excluding hydrogens is 393 g/mol. The van der Waals surface area contributed by atoms with Crippen molar-refractivity contribution in [1.82, 2.24) is 10.2 Å². The molecule has 1 amide bonds. The Labute approximate surface area is 175 Å². The number of carbonyl (C=O) groups excluding carboxylic acids is 1. The zero-order valence-electron chi connectivity index (χ0n) is 16.8. The number of benzene rings is 2. The monoisotopic (exact) mass is 420 g/mol. The van der Waals surface area contributed by atoms with E-state index in [1.54, 1.807) is 0 Å². The Morgan fingerprint density at radius 3 is 2.33 bits per heavy atom. The van der Waals surface area contributed by atoms with Crippen LogP contribution in [0.1, 0.15) is 35.6 Å². The third kappa shape index (κ3) is 6.57. The van der Waals surface area contributed by atoms with Gasteiger partial charge in [0, 0.05) is 26.1 Å². The molecule has 0 aromatic heterocycles. The normalized spacial score (nSPS) is 16.2. The van der Waals surface area contributed by atoms with Crippen molar-refractivity contribution in [3.05, 3.63) is 71.3 Å². The van der Waals surface area contributed by atoms with Crippen LogP contribution in [0.3, 0.4) is 0 Å². The predicted octanol–water partition coefficient (Wildman–Crippen LogP) is 4.22. The molecule has 1 heterocycles. The number of nitrogens with one attached hydrogen (secondary N) is 1. The summed E-state index contributed by atoms with van der Waals surface area (Å²) in [7, 11) is 0. The van der Waals surface area contributed by atoms with Crippen LogP contribution in [0.4, 0.5) is 13.2 Å². The van der Waals surface area contributed by atoms with Gasteiger partial charge in [-0.2, -0.15) is 13.2 Å². The van der Waals surface area contributed by atoms with Crippen molar-refractivity contribution in [1.29, 1.82) is 0 Å². The van der Waals surface area contributed by atoms with E-state index in [9.17, 15) is 18.0 Å². The van der Waals surface area contributed by atoms with Gasteiger partial charge in [0.05, 0.1) is 24.8 Å². The van der Waals surface area contributed by atoms with E-state index in [0.717, 1.165) is 30.5 Å². The molecule has 30 heavy (non-hydrogen) atoms. The fraction of sp³-hybridized carbons (Fsp3) is 0.435. The van der Waals surface area contributed by atoms with Crippen molar-refractivity contribution in [2.24, 2.45) is 0 Å². The van der Waals surface area contributed by atoms with Gasteiger partial charge in [-0.1, -0.05) is 42.5 Å². The SMILES string of the molecule is O=C(CCCc1ccccc1)NCC(c1ccc(C(F)(F)F)cc1)N1CCOCC1. The van der Waals surface area contributed by atoms with Crippen molar-refractivity contribution >= 4 is 5.91 Å². The van der Waals surface area contributed by atoms with Crippen LogP contribution in [-0.2, 0) is 22.1 Å². The van der Waals surface area contributed by atoms with E-state index in [0.29, 0.717) is 39.3 Å². The summed E-state index contributed by atoms with van der Waals surface area (Å²) in [6, 6.07) is 15.0. The van der Waals surface area contributed by atoms with Gasteiger partial charge in [-0.05, 0) is 36.1 Å². The lowest BCUT2D eigenvalue weighted by molar-refractivity contribution is -0.137. The molecule has 1 aliphatic heterocycles. The molecule has 7 heteroatoms. The van der Waals surface area contributed by atoms with Gasteiger partial charge >= 0.3 is 6.18 Å². The van der Waals surface area contributed by atoms with Gasteiger partial charge in [0.25, 0.3) is 0 Å². The first-order chi connectivity index (χ1) is 14.4. The molecule has 0 spiro atoms. The summed E-state index contributed by atoms with van der Waals surface area (Å²) >= 11 is 0. The van der Waals surface area contributed by atoms with Crippen molar-refractivity contribution in [2.75, 3.05) is 32.8 Å². The molecule has 0 saturated carbocycles. The molecule has 162 valence electrons. The average Bonchev–Trinajstić information content (AvgIpc) is 2.75. The number of hydrogen-bond donors (Lipinski definition) is 1. The zero-order chi connectivity index (χ0) is 21.4. The molecule has 1 atom stereocenters. The minimum atomic E-state index is -4.36. The van der Waals surface area contributed by atoms with Gasteiger partial charge in [0.2, 0.25) is 5.91 Å². The predicted molar refractivity (Wildman–Crippen MR) is 109 cm³/mol. The van der Waals surface area contributed by atoms with Gasteiger partial charge in [-0.25, -0.2) is 0 Å². The third-order valence-corrected chi connectivity index (χ3v) is 5.31. The lowest BCUT2D eigenvalue weighted by Crippen LogP contribution is -2.43. The smallest absolute Gasteiger partial charge is 0.379 e. The summed E-state index contributed by atoms with van der Waals surface area (Å²) in [5.41, 5.74) is 1.28. The number of aryl methyl sites for hydroxylation is 1. The van der Waals surface area contributed by atoms with Gasteiger partial charge in [-0.15, -0.1) is 0 Å². The first-order valence-corrected chi connectivity index (χ1v) is 10.2. The van der Waals surface area contributed by atoms with E-state index in [4.69, 9.17) is 4.74 Å². The quantitative estimate of drug-likeness (QED) is 0.695. The first kappa shape index (κ1) is 22.3. The van der Waals surface area contributed by atoms with Gasteiger partial charge in [-0.3, -0.25) is 9.69 Å². The van der Waals surface area contributed by atoms with E-state index < -0.39 is 11.7 Å². The van der Waals surface area contributed by atoms with E-state index in [1.807, 2.05) is 30.3 Å². The maximum Gasteiger partial charge on any atom is 0.416 e. The highest BCUT2D eigenvalue weighted by molar-refractivity contribution is 5.75. The fourth-order valence-electron chi connectivity index (χ4n) is 3.64. The third-order valence-electron chi connectivity index (χ3n) is 5.31. The Morgan fingerprint density at radius 2 is 1.70 bits per heavy atom. The number of amides is 1. The minimum absolute atomic E-state index is 0.0453. The summed E-state index contributed by atoms with van der Waals surface area (Å²) in [5.74, 6) is -0.0453. The number of nitrogens with zero attached hydrogens (tertiary/aromatic N) is 1. The van der Waals surface area contributed by atoms with Crippen molar-refractivity contribution < 1.29 is 22.7 Å². The Hall–Kier alpha value is -2.38. The first-order valence-electron chi connectivity index (χ1n) is 10.2. The summed E-state index contributed by atoms with van der Waals surface area (Å²) in [6.45, 7) is 2.85. The number of ether oxygens (including phenoxy) is 1. The number of rotatable bonds is 8. The highest BCUT2D eigenvalue weighted by Crippen LogP contribution is 2.31. The van der Waals surface area contributed by atoms with Crippen LogP contribution in [0.15, 0.2) is 54.6 Å². The maximum atomic E-state index is 12.9. The van der Waals surface area contributed by atoms with Crippen LogP contribution >= 0.6 is 0 Å². The Morgan fingerprint density at radius 1 is 1.03 bits per heavy atom. The molecule has 1 aliphatic rings. The highest BCUT2D eigenvalue weighted by Gasteiger charge is 2.31. The molecule has 0 radical (unpaired) electrons. The van der Waals surface area contributed by atoms with Crippen LogP contribution in [0, 0.1) is 0 Å². The topological polar surface area (TPSA) is 41.6 Å². The number of alkyl halides is 3. The van der Waals surface area contributed by atoms with Gasteiger partial charge < -0.3 is 10.1 Å². The second-order valence-corrected chi connectivity index (χ2v) is 7.43. The second kappa shape index (κ2) is 10.6. The maximum absolute atomic E-state index is 12.9. The molecule has 4 nitrogen and oxygen atoms in total. The molecule has 0 aliphatic carbocycles. The highest BCUT2D eigenvalue weighted by atomic mass is 19.4. The largest absolute Gasteiger partial charge is 0.416 e. The van der Waals surface area contributed by atoms with Crippen LogP contribution in [0.5, 0.6) is 0 Å². The van der Waals surface area contributed by atoms with Gasteiger partial charge in [0.15, 0.2) is 0 Å². The summed E-state index contributed by atoms with van der Waals surface area (Å²) < 4.78 is 44.1. The van der Waals surface area contributed by atoms with Crippen molar-refractivity contribution in [3.63, 3.8) is 0 Å². The van der Waals surface area contributed by atoms with Crippen LogP contribution < -0.4 is 5.32 Å². The standard InChI is InChI=1S/C23H27F3N2O2/c24-23(25,26)20-11-9-19(10-12-20)21(28-13-15-30-16-14-28)17-27-22(29)8-4-7-18-5-2-1-3-6-18/h1-3,5-6,9-12,21H,4,7-8,13-17H2,(H,27,29). The van der Waals surface area contributed by atoms with Crippen LogP contribution in [0.25, 0.3) is 0 Å². The average molecular weight is 420 g/mol. The number of carbonyl (C=O) groups is 1. The molecule has 1 unspecified atom stereocenters. The number of halogens is 3. The number of morpholine rings is 1. The van der Waals surface area contributed by atoms with Crippen molar-refractivity contribution in [3.8, 4) is 0 Å². The molecule has 1 fully saturated rings. The molecule has 3 rings (SSSR count). The van der Waals surface area contributed by atoms with E-state index in [1.165, 1.54) is 17.7 Å². The summed E-state index contributed by atoms with van der Waals surface area (Å²) in [5, 5.41) is 2.97. The van der Waals surface area contributed by atoms with Gasteiger partial charge in [0.1, 0.15) is 0 Å². The van der Waals surface area contributed by atoms with Crippen LogP contribution in [-0.4, -0.2) is 43.7 Å².